The molecule has 0 saturated heterocycles. The quantitative estimate of drug-likeness (QED) is 0.0732. The van der Waals surface area contributed by atoms with Gasteiger partial charge in [-0.1, -0.05) is 84.9 Å². The first-order valence-corrected chi connectivity index (χ1v) is 21.0. The molecule has 75 heavy (non-hydrogen) atoms. The molecule has 0 aliphatic heterocycles. The topological polar surface area (TPSA) is 3.88 Å². The summed E-state index contributed by atoms with van der Waals surface area (Å²) in [6.45, 7) is 0.896. The van der Waals surface area contributed by atoms with E-state index in [9.17, 15) is 105 Å². The van der Waals surface area contributed by atoms with Crippen LogP contribution in [0, 0.1) is 0 Å². The number of halogens is 24. The van der Waals surface area contributed by atoms with Crippen molar-refractivity contribution in [2.24, 2.45) is 0 Å². The van der Waals surface area contributed by atoms with Crippen LogP contribution in [0.25, 0.3) is 10.8 Å². The third kappa shape index (κ3) is 13.1. The van der Waals surface area contributed by atoms with Gasteiger partial charge >= 0.3 is 49.4 Å². The molecule has 0 unspecified atom stereocenters. The van der Waals surface area contributed by atoms with Gasteiger partial charge in [0.1, 0.15) is 6.15 Å². The van der Waals surface area contributed by atoms with E-state index in [0.29, 0.717) is 0 Å². The Hall–Kier alpha value is -6.54. The fraction of sp³-hybridized carbons (Fsp3) is 0.188. The number of aromatic nitrogens is 1. The largest absolute Gasteiger partial charge is 0.416 e. The second kappa shape index (κ2) is 19.9. The summed E-state index contributed by atoms with van der Waals surface area (Å²) in [5, 5.41) is 2.42. The number of hydrogen-bond donors (Lipinski definition) is 1. The molecule has 400 valence electrons. The molecule has 1 nitrogen and oxygen atoms in total. The number of benzene rings is 6. The maximum Gasteiger partial charge on any atom is 0.416 e. The van der Waals surface area contributed by atoms with Gasteiger partial charge < -0.3 is 0 Å². The van der Waals surface area contributed by atoms with Crippen LogP contribution in [0.3, 0.4) is 0 Å². The molecule has 0 radical (unpaired) electrons. The zero-order valence-electron chi connectivity index (χ0n) is 36.5. The van der Waals surface area contributed by atoms with Crippen molar-refractivity contribution in [2.75, 3.05) is 0 Å². The fourth-order valence-electron chi connectivity index (χ4n) is 8.22. The highest BCUT2D eigenvalue weighted by molar-refractivity contribution is 7.80. The van der Waals surface area contributed by atoms with Crippen molar-refractivity contribution in [1.82, 2.24) is 0 Å². The monoisotopic (exact) mass is 1120 g/mol. The zero-order chi connectivity index (χ0) is 56.3. The molecule has 0 saturated carbocycles. The first kappa shape index (κ1) is 57.7. The Balaban J connectivity index is 0.000000421. The minimum atomic E-state index is -6.13. The Labute approximate surface area is 411 Å². The van der Waals surface area contributed by atoms with E-state index in [1.807, 2.05) is 18.2 Å². The van der Waals surface area contributed by atoms with E-state index in [2.05, 4.69) is 66.0 Å². The molecule has 0 fully saturated rings. The van der Waals surface area contributed by atoms with Gasteiger partial charge in [-0.25, -0.2) is 4.57 Å². The summed E-state index contributed by atoms with van der Waals surface area (Å²) in [5.74, 6) is 0. The minimum absolute atomic E-state index is 0.691. The van der Waals surface area contributed by atoms with Crippen LogP contribution in [0.4, 0.5) is 105 Å². The summed E-state index contributed by atoms with van der Waals surface area (Å²) < 4.78 is 343. The average Bonchev–Trinajstić information content (AvgIpc) is 3.27. The Morgan fingerprint density at radius 3 is 0.880 bits per heavy atom. The minimum Gasteiger partial charge on any atom is -0.200 e. The van der Waals surface area contributed by atoms with E-state index in [-0.39, 0.29) is 0 Å². The third-order valence-corrected chi connectivity index (χ3v) is 11.9. The van der Waals surface area contributed by atoms with Gasteiger partial charge in [-0.15, -0.1) is 12.6 Å². The molecule has 1 heterocycles. The van der Waals surface area contributed by atoms with Crippen molar-refractivity contribution in [3.63, 3.8) is 0 Å². The molecular weight excluding hydrogens is 1090 g/mol. The van der Waals surface area contributed by atoms with Crippen LogP contribution in [0.5, 0.6) is 0 Å². The second-order valence-electron chi connectivity index (χ2n) is 16.6. The van der Waals surface area contributed by atoms with E-state index in [4.69, 9.17) is 0 Å². The van der Waals surface area contributed by atoms with Gasteiger partial charge in [0, 0.05) is 27.3 Å². The zero-order valence-corrected chi connectivity index (χ0v) is 37.4. The van der Waals surface area contributed by atoms with Gasteiger partial charge in [0.15, 0.2) is 18.9 Å². The van der Waals surface area contributed by atoms with Crippen LogP contribution >= 0.6 is 12.6 Å². The first-order chi connectivity index (χ1) is 34.1. The standard InChI is InChI=1S/C32H12BF24.C16H13NS/c34-25(35,36)13-1-14(26(37,38)39)6-21(5-13)33(22-7-15(27(40,41)42)2-16(8-22)28(43,44)45,23-9-17(29(46,47)48)3-18(10-23)30(49,50)51)24-11-19(31(52,53)54)4-20(12-24)32(55,56)57;18-16-8-4-7-14-12-17(10-9-15(14)16)11-13-5-2-1-3-6-13/h1-12H;1-10,12H,11H2/q-1;/p+1. The van der Waals surface area contributed by atoms with Crippen molar-refractivity contribution in [1.29, 1.82) is 0 Å². The molecule has 0 amide bonds. The summed E-state index contributed by atoms with van der Waals surface area (Å²) in [6.07, 6.45) is -50.5. The highest BCUT2D eigenvalue weighted by atomic mass is 32.1. The van der Waals surface area contributed by atoms with Crippen LogP contribution in [0.1, 0.15) is 50.1 Å². The molecular formula is C48H26BF24NS. The Morgan fingerprint density at radius 2 is 0.613 bits per heavy atom. The summed E-state index contributed by atoms with van der Waals surface area (Å²) in [4.78, 5) is 1.03. The van der Waals surface area contributed by atoms with E-state index in [1.54, 1.807) is 0 Å². The van der Waals surface area contributed by atoms with Crippen LogP contribution in [-0.4, -0.2) is 6.15 Å². The summed E-state index contributed by atoms with van der Waals surface area (Å²) in [5.41, 5.74) is -28.9. The molecule has 7 rings (SSSR count). The summed E-state index contributed by atoms with van der Waals surface area (Å²) >= 11 is 4.47. The number of fused-ring (bicyclic) bond motifs is 1. The van der Waals surface area contributed by atoms with Gasteiger partial charge in [0.25, 0.3) is 0 Å². The van der Waals surface area contributed by atoms with E-state index >= 15 is 0 Å². The predicted molar refractivity (Wildman–Crippen MR) is 227 cm³/mol. The first-order valence-electron chi connectivity index (χ1n) is 20.6. The van der Waals surface area contributed by atoms with Crippen molar-refractivity contribution in [2.45, 2.75) is 60.9 Å². The van der Waals surface area contributed by atoms with Gasteiger partial charge in [-0.2, -0.15) is 127 Å². The molecule has 7 aromatic rings. The highest BCUT2D eigenvalue weighted by Gasteiger charge is 2.47. The molecule has 0 aliphatic rings. The lowest BCUT2D eigenvalue weighted by molar-refractivity contribution is -0.687. The number of nitrogens with zero attached hydrogens (tertiary/aromatic N) is 1. The average molecular weight is 1120 g/mol. The highest BCUT2D eigenvalue weighted by Crippen LogP contribution is 2.41. The van der Waals surface area contributed by atoms with Gasteiger partial charge in [0.05, 0.1) is 44.5 Å². The van der Waals surface area contributed by atoms with Gasteiger partial charge in [-0.3, -0.25) is 0 Å². The smallest absolute Gasteiger partial charge is 0.200 e. The lowest BCUT2D eigenvalue weighted by atomic mass is 9.12. The van der Waals surface area contributed by atoms with Gasteiger partial charge in [-0.05, 0) is 36.4 Å². The normalized spacial score (nSPS) is 13.5. The van der Waals surface area contributed by atoms with Crippen molar-refractivity contribution < 1.29 is 110 Å². The Bertz CT molecular complexity index is 2760. The SMILES string of the molecule is FC(F)(F)c1cc([B-](c2cc(C(F)(F)F)cc(C(F)(F)F)c2)(c2cc(C(F)(F)F)cc(C(F)(F)F)c2)c2cc(C(F)(F)F)cc(C(F)(F)F)c2)cc(C(F)(F)F)c1.Sc1cccc2c[n+](Cc3ccccc3)ccc12. The molecule has 0 aliphatic carbocycles. The number of pyridine rings is 1. The maximum atomic E-state index is 14.2. The second-order valence-corrected chi connectivity index (χ2v) is 17.1. The van der Waals surface area contributed by atoms with Crippen LogP contribution in [-0.2, 0) is 56.0 Å². The fourth-order valence-corrected chi connectivity index (χ4v) is 8.51. The van der Waals surface area contributed by atoms with E-state index in [1.165, 1.54) is 16.3 Å². The van der Waals surface area contributed by atoms with E-state index in [0.717, 1.165) is 11.4 Å². The third-order valence-electron chi connectivity index (χ3n) is 11.5. The number of alkyl halides is 24. The van der Waals surface area contributed by atoms with Crippen LogP contribution in [0.2, 0.25) is 0 Å². The van der Waals surface area contributed by atoms with E-state index < -0.39 is 195 Å². The Kier molecular flexibility index (Phi) is 15.3. The molecule has 0 bridgehead atoms. The van der Waals surface area contributed by atoms with Gasteiger partial charge in [0.2, 0.25) is 0 Å². The van der Waals surface area contributed by atoms with Crippen LogP contribution in [0.15, 0.2) is 145 Å². The van der Waals surface area contributed by atoms with Crippen molar-refractivity contribution in [3.8, 4) is 0 Å². The maximum absolute atomic E-state index is 14.2. The number of hydrogen-bond acceptors (Lipinski definition) is 1. The van der Waals surface area contributed by atoms with Crippen molar-refractivity contribution in [3.05, 3.63) is 190 Å². The number of rotatable bonds is 6. The lowest BCUT2D eigenvalue weighted by Crippen LogP contribution is -2.75. The lowest BCUT2D eigenvalue weighted by Gasteiger charge is -2.46. The molecule has 0 atom stereocenters. The number of thiol groups is 1. The molecule has 27 heteroatoms. The van der Waals surface area contributed by atoms with Crippen molar-refractivity contribution >= 4 is 51.4 Å². The predicted octanol–water partition coefficient (Wildman–Crippen LogP) is 14.7. The summed E-state index contributed by atoms with van der Waals surface area (Å²) in [6, 6.07) is 9.97. The molecule has 6 aromatic carbocycles. The van der Waals surface area contributed by atoms with Crippen LogP contribution < -0.4 is 26.4 Å². The Morgan fingerprint density at radius 1 is 0.333 bits per heavy atom. The molecule has 1 aromatic heterocycles. The molecule has 0 N–H and O–H groups in total. The summed E-state index contributed by atoms with van der Waals surface area (Å²) in [7, 11) is 0. The molecule has 0 spiro atoms.